The largest absolute Gasteiger partial charge is 0.399 e. The molecule has 1 saturated heterocycles. The summed E-state index contributed by atoms with van der Waals surface area (Å²) in [7, 11) is 0. The first-order valence-electron chi connectivity index (χ1n) is 9.50. The molecule has 0 aliphatic carbocycles. The van der Waals surface area contributed by atoms with Gasteiger partial charge in [0.25, 0.3) is 0 Å². The molecule has 1 aliphatic heterocycles. The molecule has 3 aromatic rings. The van der Waals surface area contributed by atoms with Gasteiger partial charge >= 0.3 is 0 Å². The van der Waals surface area contributed by atoms with Crippen molar-refractivity contribution in [2.24, 2.45) is 0 Å². The second kappa shape index (κ2) is 8.12. The van der Waals surface area contributed by atoms with Gasteiger partial charge in [-0.05, 0) is 35.4 Å². The van der Waals surface area contributed by atoms with E-state index >= 15 is 0 Å². The Labute approximate surface area is 165 Å². The van der Waals surface area contributed by atoms with E-state index in [1.807, 2.05) is 36.7 Å². The van der Waals surface area contributed by atoms with Gasteiger partial charge in [-0.15, -0.1) is 0 Å². The quantitative estimate of drug-likeness (QED) is 0.714. The van der Waals surface area contributed by atoms with Crippen LogP contribution in [0, 0.1) is 11.3 Å². The molecule has 0 spiro atoms. The number of anilines is 2. The average molecular weight is 369 g/mol. The minimum absolute atomic E-state index is 0.180. The number of hydrogen-bond acceptors (Lipinski definition) is 5. The van der Waals surface area contributed by atoms with E-state index in [0.29, 0.717) is 11.3 Å². The molecule has 5 nitrogen and oxygen atoms in total. The van der Waals surface area contributed by atoms with Crippen molar-refractivity contribution in [3.05, 3.63) is 89.7 Å². The zero-order valence-corrected chi connectivity index (χ0v) is 15.7. The molecule has 5 heteroatoms. The molecular weight excluding hydrogens is 346 g/mol. The normalized spacial score (nSPS) is 15.8. The topological polar surface area (TPSA) is 69.2 Å². The first-order valence-corrected chi connectivity index (χ1v) is 9.50. The maximum absolute atomic E-state index is 9.46. The number of pyridine rings is 1. The van der Waals surface area contributed by atoms with Crippen molar-refractivity contribution in [2.75, 3.05) is 36.8 Å². The summed E-state index contributed by atoms with van der Waals surface area (Å²) in [6.45, 7) is 3.54. The van der Waals surface area contributed by atoms with Crippen molar-refractivity contribution in [1.82, 2.24) is 9.88 Å². The van der Waals surface area contributed by atoms with Crippen molar-refractivity contribution < 1.29 is 0 Å². The van der Waals surface area contributed by atoms with Crippen LogP contribution in [0.3, 0.4) is 0 Å². The Kier molecular flexibility index (Phi) is 5.22. The van der Waals surface area contributed by atoms with Gasteiger partial charge < -0.3 is 10.6 Å². The maximum atomic E-state index is 9.46. The van der Waals surface area contributed by atoms with Gasteiger partial charge in [0.15, 0.2) is 0 Å². The summed E-state index contributed by atoms with van der Waals surface area (Å²) >= 11 is 0. The lowest BCUT2D eigenvalue weighted by molar-refractivity contribution is 0.212. The molecule has 4 rings (SSSR count). The molecule has 1 fully saturated rings. The molecule has 1 aliphatic rings. The van der Waals surface area contributed by atoms with E-state index in [4.69, 9.17) is 5.73 Å². The van der Waals surface area contributed by atoms with E-state index in [1.54, 1.807) is 6.07 Å². The summed E-state index contributed by atoms with van der Waals surface area (Å²) in [6, 6.07) is 22.7. The zero-order valence-electron chi connectivity index (χ0n) is 15.7. The highest BCUT2D eigenvalue weighted by Gasteiger charge is 2.27. The molecule has 0 saturated carbocycles. The van der Waals surface area contributed by atoms with Crippen LogP contribution in [0.4, 0.5) is 11.4 Å². The lowest BCUT2D eigenvalue weighted by Crippen LogP contribution is -2.48. The number of nitriles is 1. The van der Waals surface area contributed by atoms with Crippen LogP contribution in [0.25, 0.3) is 0 Å². The van der Waals surface area contributed by atoms with Crippen molar-refractivity contribution >= 4 is 11.4 Å². The lowest BCUT2D eigenvalue weighted by atomic mass is 9.97. The molecule has 2 heterocycles. The highest BCUT2D eigenvalue weighted by atomic mass is 15.3. The number of nitrogens with zero attached hydrogens (tertiary/aromatic N) is 4. The highest BCUT2D eigenvalue weighted by molar-refractivity contribution is 5.64. The molecule has 2 aromatic carbocycles. The van der Waals surface area contributed by atoms with Crippen LogP contribution in [-0.2, 0) is 0 Å². The highest BCUT2D eigenvalue weighted by Crippen LogP contribution is 2.31. The number of piperazine rings is 1. The number of benzene rings is 2. The van der Waals surface area contributed by atoms with Gasteiger partial charge in [-0.2, -0.15) is 5.26 Å². The average Bonchev–Trinajstić information content (AvgIpc) is 2.76. The number of nitrogen functional groups attached to an aromatic ring is 1. The van der Waals surface area contributed by atoms with Crippen LogP contribution >= 0.6 is 0 Å². The number of aromatic nitrogens is 1. The van der Waals surface area contributed by atoms with Crippen molar-refractivity contribution in [2.45, 2.75) is 6.04 Å². The third-order valence-corrected chi connectivity index (χ3v) is 5.28. The summed E-state index contributed by atoms with van der Waals surface area (Å²) < 4.78 is 0. The summed E-state index contributed by atoms with van der Waals surface area (Å²) in [5.41, 5.74) is 10.5. The van der Waals surface area contributed by atoms with Crippen LogP contribution in [0.1, 0.15) is 22.7 Å². The van der Waals surface area contributed by atoms with Gasteiger partial charge in [0.05, 0.1) is 17.3 Å². The molecular formula is C23H23N5. The molecule has 1 aromatic heterocycles. The second-order valence-corrected chi connectivity index (χ2v) is 7.01. The third kappa shape index (κ3) is 3.68. The van der Waals surface area contributed by atoms with E-state index in [0.717, 1.165) is 31.9 Å². The molecule has 2 N–H and O–H groups in total. The summed E-state index contributed by atoms with van der Waals surface area (Å²) in [4.78, 5) is 9.10. The Bertz CT molecular complexity index is 918. The number of rotatable bonds is 4. The summed E-state index contributed by atoms with van der Waals surface area (Å²) in [6.07, 6.45) is 3.77. The molecule has 0 radical (unpaired) electrons. The minimum atomic E-state index is 0.180. The fraction of sp³-hybridized carbons (Fsp3) is 0.217. The Morgan fingerprint density at radius 3 is 2.36 bits per heavy atom. The first-order chi connectivity index (χ1) is 13.8. The monoisotopic (exact) mass is 369 g/mol. The minimum Gasteiger partial charge on any atom is -0.399 e. The predicted octanol–water partition coefficient (Wildman–Crippen LogP) is 3.45. The van der Waals surface area contributed by atoms with Gasteiger partial charge in [-0.3, -0.25) is 9.88 Å². The smallest absolute Gasteiger partial charge is 0.101 e. The molecule has 0 bridgehead atoms. The van der Waals surface area contributed by atoms with Crippen LogP contribution < -0.4 is 10.6 Å². The second-order valence-electron chi connectivity index (χ2n) is 7.01. The van der Waals surface area contributed by atoms with E-state index in [1.165, 1.54) is 11.1 Å². The van der Waals surface area contributed by atoms with E-state index < -0.39 is 0 Å². The predicted molar refractivity (Wildman–Crippen MR) is 112 cm³/mol. The van der Waals surface area contributed by atoms with Gasteiger partial charge in [-0.25, -0.2) is 0 Å². The summed E-state index contributed by atoms with van der Waals surface area (Å²) in [5, 5.41) is 9.46. The number of nitrogens with two attached hydrogens (primary N) is 1. The Hall–Kier alpha value is -3.36. The fourth-order valence-corrected chi connectivity index (χ4v) is 3.93. The standard InChI is InChI=1S/C23H23N5/c24-16-20-15-21(25)8-9-22(20)27-11-13-28(14-12-27)23(18-5-2-1-3-6-18)19-7-4-10-26-17-19/h1-10,15,17,23H,11-14,25H2. The van der Waals surface area contributed by atoms with Gasteiger partial charge in [0, 0.05) is 44.3 Å². The molecule has 1 unspecified atom stereocenters. The molecule has 1 atom stereocenters. The molecule has 28 heavy (non-hydrogen) atoms. The van der Waals surface area contributed by atoms with Crippen LogP contribution in [0.5, 0.6) is 0 Å². The molecule has 0 amide bonds. The number of hydrogen-bond donors (Lipinski definition) is 1. The third-order valence-electron chi connectivity index (χ3n) is 5.28. The molecule has 140 valence electrons. The Balaban J connectivity index is 1.57. The van der Waals surface area contributed by atoms with Gasteiger partial charge in [0.2, 0.25) is 0 Å². The van der Waals surface area contributed by atoms with Gasteiger partial charge in [-0.1, -0.05) is 36.4 Å². The first kappa shape index (κ1) is 18.0. The lowest BCUT2D eigenvalue weighted by Gasteiger charge is -2.40. The van der Waals surface area contributed by atoms with E-state index in [2.05, 4.69) is 51.2 Å². The Morgan fingerprint density at radius 2 is 1.68 bits per heavy atom. The van der Waals surface area contributed by atoms with Crippen molar-refractivity contribution in [3.8, 4) is 6.07 Å². The van der Waals surface area contributed by atoms with Crippen molar-refractivity contribution in [1.29, 1.82) is 5.26 Å². The van der Waals surface area contributed by atoms with Crippen LogP contribution in [-0.4, -0.2) is 36.1 Å². The van der Waals surface area contributed by atoms with E-state index in [-0.39, 0.29) is 6.04 Å². The van der Waals surface area contributed by atoms with E-state index in [9.17, 15) is 5.26 Å². The maximum Gasteiger partial charge on any atom is 0.101 e. The van der Waals surface area contributed by atoms with Crippen LogP contribution in [0.15, 0.2) is 73.1 Å². The SMILES string of the molecule is N#Cc1cc(N)ccc1N1CCN(C(c2ccccc2)c2cccnc2)CC1. The Morgan fingerprint density at radius 1 is 0.929 bits per heavy atom. The van der Waals surface area contributed by atoms with Crippen molar-refractivity contribution in [3.63, 3.8) is 0 Å². The zero-order chi connectivity index (χ0) is 19.3. The summed E-state index contributed by atoms with van der Waals surface area (Å²) in [5.74, 6) is 0. The van der Waals surface area contributed by atoms with Crippen LogP contribution in [0.2, 0.25) is 0 Å². The van der Waals surface area contributed by atoms with Gasteiger partial charge in [0.1, 0.15) is 6.07 Å². The fourth-order valence-electron chi connectivity index (χ4n) is 3.93.